The van der Waals surface area contributed by atoms with Gasteiger partial charge in [-0.1, -0.05) is 81.4 Å². The molecule has 0 radical (unpaired) electrons. The molecule has 26 heavy (non-hydrogen) atoms. The van der Waals surface area contributed by atoms with E-state index in [1.54, 1.807) is 0 Å². The zero-order chi connectivity index (χ0) is 18.4. The van der Waals surface area contributed by atoms with Crippen molar-refractivity contribution in [2.24, 2.45) is 11.3 Å². The summed E-state index contributed by atoms with van der Waals surface area (Å²) in [4.78, 5) is 11.6. The summed E-state index contributed by atoms with van der Waals surface area (Å²) in [5.74, 6) is 0.545. The van der Waals surface area contributed by atoms with Gasteiger partial charge in [-0.3, -0.25) is 0 Å². The van der Waals surface area contributed by atoms with Crippen LogP contribution in [0.3, 0.4) is 0 Å². The van der Waals surface area contributed by atoms with Crippen molar-refractivity contribution >= 4 is 25.0 Å². The Morgan fingerprint density at radius 2 is 1.50 bits per heavy atom. The number of carbonyl (C=O) groups is 1. The molecule has 0 N–H and O–H groups in total. The Kier molecular flexibility index (Phi) is 4.20. The Balaban J connectivity index is 1.80. The Morgan fingerprint density at radius 1 is 0.962 bits per heavy atom. The summed E-state index contributed by atoms with van der Waals surface area (Å²) >= 11 is 0. The maximum atomic E-state index is 11.6. The SMILES string of the molecule is CC(C)(C)[Si](O[C@H]1C[C@H]2C[C@@]2(C=O)C1)(c1ccccc1)c1ccccc1. The first kappa shape index (κ1) is 17.7. The highest BCUT2D eigenvalue weighted by molar-refractivity contribution is 6.99. The minimum Gasteiger partial charge on any atom is -0.404 e. The molecule has 2 fully saturated rings. The molecule has 0 amide bonds. The van der Waals surface area contributed by atoms with Gasteiger partial charge in [-0.05, 0) is 40.6 Å². The Bertz CT molecular complexity index is 741. The van der Waals surface area contributed by atoms with Crippen LogP contribution < -0.4 is 10.4 Å². The van der Waals surface area contributed by atoms with Gasteiger partial charge in [0.2, 0.25) is 0 Å². The maximum Gasteiger partial charge on any atom is 0.261 e. The fourth-order valence-corrected chi connectivity index (χ4v) is 9.71. The summed E-state index contributed by atoms with van der Waals surface area (Å²) in [6.45, 7) is 6.93. The third kappa shape index (κ3) is 2.69. The van der Waals surface area contributed by atoms with Crippen molar-refractivity contribution < 1.29 is 9.22 Å². The second kappa shape index (κ2) is 6.17. The van der Waals surface area contributed by atoms with Crippen LogP contribution in [0.25, 0.3) is 0 Å². The largest absolute Gasteiger partial charge is 0.404 e. The topological polar surface area (TPSA) is 26.3 Å². The van der Waals surface area contributed by atoms with Crippen molar-refractivity contribution in [3.8, 4) is 0 Å². The number of hydrogen-bond acceptors (Lipinski definition) is 2. The van der Waals surface area contributed by atoms with Crippen LogP contribution in [0.1, 0.15) is 40.0 Å². The summed E-state index contributed by atoms with van der Waals surface area (Å²) < 4.78 is 7.14. The highest BCUT2D eigenvalue weighted by Gasteiger charge is 2.62. The first-order valence-electron chi connectivity index (χ1n) is 9.66. The summed E-state index contributed by atoms with van der Waals surface area (Å²) in [7, 11) is -2.48. The van der Waals surface area contributed by atoms with Crippen molar-refractivity contribution in [2.75, 3.05) is 0 Å². The predicted octanol–water partition coefficient (Wildman–Crippen LogP) is 3.93. The molecule has 0 bridgehead atoms. The lowest BCUT2D eigenvalue weighted by atomic mass is 10.1. The van der Waals surface area contributed by atoms with Crippen molar-refractivity contribution in [3.63, 3.8) is 0 Å². The van der Waals surface area contributed by atoms with Gasteiger partial charge < -0.3 is 9.22 Å². The van der Waals surface area contributed by atoms with Crippen LogP contribution >= 0.6 is 0 Å². The minimum atomic E-state index is -2.48. The van der Waals surface area contributed by atoms with Crippen LogP contribution in [-0.4, -0.2) is 20.7 Å². The average molecular weight is 365 g/mol. The molecular weight excluding hydrogens is 336 g/mol. The molecule has 2 saturated carbocycles. The molecule has 3 atom stereocenters. The van der Waals surface area contributed by atoms with Gasteiger partial charge in [0.05, 0.1) is 0 Å². The molecular formula is C23H28O2Si. The fourth-order valence-electron chi connectivity index (χ4n) is 5.02. The number of fused-ring (bicyclic) bond motifs is 1. The highest BCUT2D eigenvalue weighted by atomic mass is 28.4. The van der Waals surface area contributed by atoms with Gasteiger partial charge in [0, 0.05) is 11.5 Å². The molecule has 2 aromatic rings. The van der Waals surface area contributed by atoms with Crippen LogP contribution in [0.5, 0.6) is 0 Å². The van der Waals surface area contributed by atoms with Crippen LogP contribution in [0.15, 0.2) is 60.7 Å². The van der Waals surface area contributed by atoms with Gasteiger partial charge in [-0.2, -0.15) is 0 Å². The fraction of sp³-hybridized carbons (Fsp3) is 0.435. The van der Waals surface area contributed by atoms with E-state index < -0.39 is 8.32 Å². The van der Waals surface area contributed by atoms with Crippen molar-refractivity contribution in [3.05, 3.63) is 60.7 Å². The summed E-state index contributed by atoms with van der Waals surface area (Å²) in [5, 5.41) is 2.63. The Morgan fingerprint density at radius 3 is 1.92 bits per heavy atom. The molecule has 0 spiro atoms. The molecule has 0 aromatic heterocycles. The van der Waals surface area contributed by atoms with Gasteiger partial charge >= 0.3 is 0 Å². The predicted molar refractivity (Wildman–Crippen MR) is 108 cm³/mol. The van der Waals surface area contributed by atoms with Crippen LogP contribution in [0.4, 0.5) is 0 Å². The van der Waals surface area contributed by atoms with Crippen molar-refractivity contribution in [1.29, 1.82) is 0 Å². The van der Waals surface area contributed by atoms with E-state index >= 15 is 0 Å². The number of aldehydes is 1. The molecule has 2 nitrogen and oxygen atoms in total. The average Bonchev–Trinajstić information content (AvgIpc) is 3.21. The quantitative estimate of drug-likeness (QED) is 0.593. The normalized spacial score (nSPS) is 27.8. The third-order valence-corrected chi connectivity index (χ3v) is 11.5. The molecule has 136 valence electrons. The standard InChI is InChI=1S/C23H28O2Si/c1-22(2,3)26(20-10-6-4-7-11-20,21-12-8-5-9-13-21)25-19-14-18-15-23(18,16-19)17-24/h4-13,17-19H,14-16H2,1-3H3/t18-,19-,23-/m0/s1. The molecule has 0 saturated heterocycles. The molecule has 0 aliphatic heterocycles. The molecule has 3 heteroatoms. The summed E-state index contributed by atoms with van der Waals surface area (Å²) in [5.41, 5.74) is -0.0733. The van der Waals surface area contributed by atoms with Gasteiger partial charge in [0.1, 0.15) is 6.29 Å². The highest BCUT2D eigenvalue weighted by Crippen LogP contribution is 2.63. The van der Waals surface area contributed by atoms with E-state index in [9.17, 15) is 4.79 Å². The molecule has 0 unspecified atom stereocenters. The lowest BCUT2D eigenvalue weighted by Gasteiger charge is -2.45. The van der Waals surface area contributed by atoms with Crippen molar-refractivity contribution in [2.45, 2.75) is 51.2 Å². The van der Waals surface area contributed by atoms with Crippen LogP contribution in [0, 0.1) is 11.3 Å². The maximum absolute atomic E-state index is 11.6. The Hall–Kier alpha value is -1.71. The second-order valence-electron chi connectivity index (χ2n) is 9.09. The van der Waals surface area contributed by atoms with E-state index in [0.717, 1.165) is 19.3 Å². The number of carbonyl (C=O) groups excluding carboxylic acids is 1. The van der Waals surface area contributed by atoms with E-state index in [4.69, 9.17) is 4.43 Å². The van der Waals surface area contributed by atoms with Gasteiger partial charge in [0.15, 0.2) is 0 Å². The molecule has 2 aliphatic carbocycles. The number of benzene rings is 2. The molecule has 4 rings (SSSR count). The zero-order valence-corrected chi connectivity index (χ0v) is 16.9. The molecule has 2 aliphatic rings. The first-order valence-corrected chi connectivity index (χ1v) is 11.6. The minimum absolute atomic E-state index is 0.00315. The lowest BCUT2D eigenvalue weighted by molar-refractivity contribution is -0.112. The lowest BCUT2D eigenvalue weighted by Crippen LogP contribution is -2.67. The van der Waals surface area contributed by atoms with Gasteiger partial charge in [-0.25, -0.2) is 0 Å². The van der Waals surface area contributed by atoms with Crippen molar-refractivity contribution in [1.82, 2.24) is 0 Å². The Labute approximate surface area is 157 Å². The number of hydrogen-bond donors (Lipinski definition) is 0. The van der Waals surface area contributed by atoms with E-state index in [1.807, 2.05) is 0 Å². The van der Waals surface area contributed by atoms with E-state index in [1.165, 1.54) is 16.7 Å². The van der Waals surface area contributed by atoms with Crippen LogP contribution in [-0.2, 0) is 9.22 Å². The number of rotatable bonds is 5. The second-order valence-corrected chi connectivity index (χ2v) is 13.3. The van der Waals surface area contributed by atoms with E-state index in [-0.39, 0.29) is 16.6 Å². The summed E-state index contributed by atoms with van der Waals surface area (Å²) in [6.07, 6.45) is 4.38. The molecule has 2 aromatic carbocycles. The van der Waals surface area contributed by atoms with E-state index in [2.05, 4.69) is 81.4 Å². The smallest absolute Gasteiger partial charge is 0.261 e. The monoisotopic (exact) mass is 364 g/mol. The summed E-state index contributed by atoms with van der Waals surface area (Å²) in [6, 6.07) is 21.5. The zero-order valence-electron chi connectivity index (χ0n) is 15.9. The molecule has 0 heterocycles. The van der Waals surface area contributed by atoms with Gasteiger partial charge in [0.25, 0.3) is 8.32 Å². The third-order valence-electron chi connectivity index (χ3n) is 6.43. The van der Waals surface area contributed by atoms with Crippen LogP contribution in [0.2, 0.25) is 5.04 Å². The first-order chi connectivity index (χ1) is 12.4. The van der Waals surface area contributed by atoms with E-state index in [0.29, 0.717) is 5.92 Å². The van der Waals surface area contributed by atoms with Gasteiger partial charge in [-0.15, -0.1) is 0 Å².